The summed E-state index contributed by atoms with van der Waals surface area (Å²) in [5, 5.41) is 0. The van der Waals surface area contributed by atoms with Gasteiger partial charge in [-0.2, -0.15) is 8.42 Å². The van der Waals surface area contributed by atoms with Gasteiger partial charge in [0.1, 0.15) is 6.10 Å². The molecule has 4 fully saturated rings. The standard InChI is InChI=1S/C31H55O10PS/c1-8-21(18(2)3)15-28(39-20(5)32)19(4)24-9-10-25-23-17-29(40-42(33,34)35)27-16-22(41-43(36,37)38)11-13-31(27,7)26(23)12-14-30(24,25)6/h18-19,21-29H,8-17H2,1-7H3,(H2,33,34,35)(H,36,37,38). The van der Waals surface area contributed by atoms with Gasteiger partial charge in [0.25, 0.3) is 0 Å². The molecule has 0 saturated heterocycles. The molecule has 12 atom stereocenters. The predicted molar refractivity (Wildman–Crippen MR) is 162 cm³/mol. The van der Waals surface area contributed by atoms with E-state index < -0.39 is 30.4 Å². The van der Waals surface area contributed by atoms with Crippen LogP contribution in [0.5, 0.6) is 0 Å². The smallest absolute Gasteiger partial charge is 0.462 e. The van der Waals surface area contributed by atoms with Crippen LogP contribution < -0.4 is 0 Å². The van der Waals surface area contributed by atoms with Crippen molar-refractivity contribution in [3.05, 3.63) is 0 Å². The zero-order chi connectivity index (χ0) is 32.1. The Hall–Kier alpha value is -0.550. The molecule has 12 unspecified atom stereocenters. The molecule has 43 heavy (non-hydrogen) atoms. The van der Waals surface area contributed by atoms with Crippen LogP contribution in [-0.4, -0.2) is 47.0 Å². The first-order valence-corrected chi connectivity index (χ1v) is 19.3. The molecule has 0 aromatic carbocycles. The van der Waals surface area contributed by atoms with E-state index in [2.05, 4.69) is 41.5 Å². The molecule has 4 aliphatic rings. The van der Waals surface area contributed by atoms with Gasteiger partial charge in [0.2, 0.25) is 0 Å². The van der Waals surface area contributed by atoms with Gasteiger partial charge in [-0.25, -0.2) is 8.75 Å². The summed E-state index contributed by atoms with van der Waals surface area (Å²) in [5.41, 5.74) is -0.307. The largest absolute Gasteiger partial charge is 0.469 e. The minimum atomic E-state index is -4.82. The monoisotopic (exact) mass is 650 g/mol. The van der Waals surface area contributed by atoms with E-state index in [-0.39, 0.29) is 47.1 Å². The number of rotatable bonds is 11. The lowest BCUT2D eigenvalue weighted by atomic mass is 9.43. The van der Waals surface area contributed by atoms with Gasteiger partial charge in [-0.15, -0.1) is 0 Å². The van der Waals surface area contributed by atoms with E-state index in [0.717, 1.165) is 38.5 Å². The van der Waals surface area contributed by atoms with Crippen LogP contribution in [0, 0.1) is 58.2 Å². The van der Waals surface area contributed by atoms with E-state index in [4.69, 9.17) is 13.4 Å². The summed E-state index contributed by atoms with van der Waals surface area (Å²) in [4.78, 5) is 32.0. The van der Waals surface area contributed by atoms with Gasteiger partial charge in [0.05, 0.1) is 12.2 Å². The highest BCUT2D eigenvalue weighted by atomic mass is 32.3. The van der Waals surface area contributed by atoms with Crippen LogP contribution in [0.25, 0.3) is 0 Å². The molecular weight excluding hydrogens is 595 g/mol. The zero-order valence-corrected chi connectivity index (χ0v) is 28.7. The van der Waals surface area contributed by atoms with Crippen LogP contribution in [0.1, 0.15) is 113 Å². The summed E-state index contributed by atoms with van der Waals surface area (Å²) in [7, 11) is -9.46. The third-order valence-corrected chi connectivity index (χ3v) is 13.8. The minimum absolute atomic E-state index is 0.000321. The molecule has 0 aromatic heterocycles. The maximum Gasteiger partial charge on any atom is 0.469 e. The van der Waals surface area contributed by atoms with Crippen LogP contribution >= 0.6 is 7.82 Å². The van der Waals surface area contributed by atoms with Crippen molar-refractivity contribution in [1.29, 1.82) is 0 Å². The number of fused-ring (bicyclic) bond motifs is 5. The molecule has 3 N–H and O–H groups in total. The van der Waals surface area contributed by atoms with Crippen molar-refractivity contribution in [2.75, 3.05) is 0 Å². The summed E-state index contributed by atoms with van der Waals surface area (Å²) in [6.07, 6.45) is 6.09. The Morgan fingerprint density at radius 3 is 2.16 bits per heavy atom. The number of ether oxygens (including phenoxy) is 1. The van der Waals surface area contributed by atoms with Crippen molar-refractivity contribution in [1.82, 2.24) is 0 Å². The summed E-state index contributed by atoms with van der Waals surface area (Å²) >= 11 is 0. The van der Waals surface area contributed by atoms with E-state index in [9.17, 15) is 32.1 Å². The normalized spacial score (nSPS) is 40.2. The molecule has 0 heterocycles. The second-order valence-corrected chi connectivity index (χ2v) is 17.4. The van der Waals surface area contributed by atoms with Crippen molar-refractivity contribution < 1.29 is 45.6 Å². The number of carbonyl (C=O) groups excluding carboxylic acids is 1. The van der Waals surface area contributed by atoms with E-state index >= 15 is 0 Å². The van der Waals surface area contributed by atoms with Crippen molar-refractivity contribution >= 4 is 24.2 Å². The number of hydrogen-bond acceptors (Lipinski definition) is 7. The number of hydrogen-bond donors (Lipinski definition) is 3. The first-order chi connectivity index (χ1) is 19.8. The Morgan fingerprint density at radius 1 is 0.977 bits per heavy atom. The fraction of sp³-hybridized carbons (Fsp3) is 0.968. The first-order valence-electron chi connectivity index (χ1n) is 16.4. The highest BCUT2D eigenvalue weighted by Crippen LogP contribution is 2.69. The van der Waals surface area contributed by atoms with Crippen LogP contribution in [-0.2, 0) is 33.2 Å². The predicted octanol–water partition coefficient (Wildman–Crippen LogP) is 6.56. The van der Waals surface area contributed by atoms with Crippen molar-refractivity contribution in [3.8, 4) is 0 Å². The zero-order valence-electron chi connectivity index (χ0n) is 27.0. The molecule has 0 spiro atoms. The van der Waals surface area contributed by atoms with E-state index in [0.29, 0.717) is 48.9 Å². The van der Waals surface area contributed by atoms with E-state index in [1.165, 1.54) is 6.92 Å². The average Bonchev–Trinajstić information content (AvgIpc) is 3.22. The van der Waals surface area contributed by atoms with Crippen LogP contribution in [0.4, 0.5) is 0 Å². The Balaban J connectivity index is 1.61. The quantitative estimate of drug-likeness (QED) is 0.127. The SMILES string of the molecule is CCC(CC(OC(C)=O)C(C)C1CCC2C3CC(OP(=O)(O)O)C4CC(OS(=O)(=O)O)CCC4(C)C3CCC12C)C(C)C. The fourth-order valence-electron chi connectivity index (χ4n) is 10.7. The average molecular weight is 651 g/mol. The molecule has 0 amide bonds. The molecule has 4 aliphatic carbocycles. The second kappa shape index (κ2) is 12.9. The summed E-state index contributed by atoms with van der Waals surface area (Å²) in [6.45, 7) is 15.0. The Kier molecular flexibility index (Phi) is 10.6. The van der Waals surface area contributed by atoms with Gasteiger partial charge in [-0.05, 0) is 116 Å². The molecule has 0 bridgehead atoms. The number of phosphoric acid groups is 1. The topological polar surface area (TPSA) is 157 Å². The highest BCUT2D eigenvalue weighted by molar-refractivity contribution is 7.80. The molecule has 0 aliphatic heterocycles. The van der Waals surface area contributed by atoms with Gasteiger partial charge < -0.3 is 14.5 Å². The number of phosphoric ester groups is 1. The summed E-state index contributed by atoms with van der Waals surface area (Å²) < 4.78 is 60.9. The Morgan fingerprint density at radius 2 is 1.60 bits per heavy atom. The van der Waals surface area contributed by atoms with Crippen molar-refractivity contribution in [2.45, 2.75) is 131 Å². The van der Waals surface area contributed by atoms with Crippen molar-refractivity contribution in [3.63, 3.8) is 0 Å². The second-order valence-electron chi connectivity index (χ2n) is 15.2. The number of esters is 1. The lowest BCUT2D eigenvalue weighted by Crippen LogP contribution is -2.59. The molecule has 250 valence electrons. The maximum atomic E-state index is 12.2. The highest BCUT2D eigenvalue weighted by Gasteiger charge is 2.64. The molecule has 0 aromatic rings. The first kappa shape index (κ1) is 35.3. The van der Waals surface area contributed by atoms with Gasteiger partial charge in [0.15, 0.2) is 0 Å². The molecule has 10 nitrogen and oxygen atoms in total. The summed E-state index contributed by atoms with van der Waals surface area (Å²) in [6, 6.07) is 0. The lowest BCUT2D eigenvalue weighted by Gasteiger charge is -2.63. The molecule has 4 saturated carbocycles. The number of carbonyl (C=O) groups is 1. The van der Waals surface area contributed by atoms with Gasteiger partial charge in [0, 0.05) is 6.92 Å². The fourth-order valence-corrected chi connectivity index (χ4v) is 11.8. The van der Waals surface area contributed by atoms with E-state index in [1.807, 2.05) is 0 Å². The minimum Gasteiger partial charge on any atom is -0.462 e. The van der Waals surface area contributed by atoms with Crippen LogP contribution in [0.3, 0.4) is 0 Å². The Labute approximate surface area is 258 Å². The third-order valence-electron chi connectivity index (χ3n) is 12.8. The van der Waals surface area contributed by atoms with Gasteiger partial charge >= 0.3 is 24.2 Å². The van der Waals surface area contributed by atoms with Gasteiger partial charge in [-0.3, -0.25) is 13.9 Å². The van der Waals surface area contributed by atoms with Crippen molar-refractivity contribution in [2.24, 2.45) is 58.2 Å². The molecular formula is C31H55O10PS. The van der Waals surface area contributed by atoms with E-state index in [1.54, 1.807) is 0 Å². The maximum absolute atomic E-state index is 12.2. The molecule has 4 rings (SSSR count). The van der Waals surface area contributed by atoms with Crippen LogP contribution in [0.2, 0.25) is 0 Å². The third kappa shape index (κ3) is 7.55. The summed E-state index contributed by atoms with van der Waals surface area (Å²) in [5.74, 6) is 1.82. The molecule has 12 heteroatoms. The molecule has 0 radical (unpaired) electrons. The lowest BCUT2D eigenvalue weighted by molar-refractivity contribution is -0.171. The van der Waals surface area contributed by atoms with Gasteiger partial charge in [-0.1, -0.05) is 48.0 Å². The van der Waals surface area contributed by atoms with Crippen LogP contribution in [0.15, 0.2) is 0 Å². The Bertz CT molecular complexity index is 1160.